The van der Waals surface area contributed by atoms with Gasteiger partial charge in [0.05, 0.1) is 11.5 Å². The lowest BCUT2D eigenvalue weighted by atomic mass is 9.80. The Bertz CT molecular complexity index is 346. The van der Waals surface area contributed by atoms with E-state index >= 15 is 0 Å². The zero-order valence-corrected chi connectivity index (χ0v) is 12.4. The van der Waals surface area contributed by atoms with Crippen LogP contribution in [0.5, 0.6) is 0 Å². The fourth-order valence-corrected chi connectivity index (χ4v) is 1.88. The predicted octanol–water partition coefficient (Wildman–Crippen LogP) is 2.96. The van der Waals surface area contributed by atoms with E-state index in [9.17, 15) is 14.7 Å². The zero-order valence-electron chi connectivity index (χ0n) is 12.4. The molecule has 0 aliphatic carbocycles. The van der Waals surface area contributed by atoms with Crippen molar-refractivity contribution < 1.29 is 19.4 Å². The van der Waals surface area contributed by atoms with Crippen LogP contribution in [0.4, 0.5) is 4.79 Å². The van der Waals surface area contributed by atoms with Gasteiger partial charge in [-0.2, -0.15) is 0 Å². The molecule has 2 atom stereocenters. The van der Waals surface area contributed by atoms with Gasteiger partial charge in [0.15, 0.2) is 0 Å². The molecule has 0 rings (SSSR count). The molecule has 0 bridgehead atoms. The molecular weight excluding hydrogens is 246 g/mol. The largest absolute Gasteiger partial charge is 0.481 e. The number of hydrogen-bond donors (Lipinski definition) is 2. The summed E-state index contributed by atoms with van der Waals surface area (Å²) in [5.74, 6) is -1.69. The van der Waals surface area contributed by atoms with Gasteiger partial charge in [-0.25, -0.2) is 4.79 Å². The summed E-state index contributed by atoms with van der Waals surface area (Å²) < 4.78 is 5.19. The van der Waals surface area contributed by atoms with Crippen molar-refractivity contribution in [2.24, 2.45) is 5.92 Å². The molecule has 5 nitrogen and oxygen atoms in total. The minimum absolute atomic E-state index is 0.371. The Morgan fingerprint density at radius 2 is 1.95 bits per heavy atom. The number of nitrogens with one attached hydrogen (secondary N) is 1. The normalized spacial score (nSPS) is 16.1. The Hall–Kier alpha value is -1.52. The van der Waals surface area contributed by atoms with Gasteiger partial charge in [0.25, 0.3) is 0 Å². The van der Waals surface area contributed by atoms with Crippen LogP contribution in [0.25, 0.3) is 0 Å². The average molecular weight is 271 g/mol. The molecule has 1 unspecified atom stereocenters. The van der Waals surface area contributed by atoms with E-state index in [0.29, 0.717) is 12.8 Å². The van der Waals surface area contributed by atoms with Crippen molar-refractivity contribution in [3.8, 4) is 0 Å². The standard InChI is InChI=1S/C14H25NO4/c1-7-9-14(8-2,10(3)11(16)17)15-12(18)19-13(4,5)6/h7,10H,1,8-9H2,2-6H3,(H,15,18)(H,16,17)/t10?,14-/m0/s1. The summed E-state index contributed by atoms with van der Waals surface area (Å²) in [7, 11) is 0. The monoisotopic (exact) mass is 271 g/mol. The lowest BCUT2D eigenvalue weighted by molar-refractivity contribution is -0.144. The van der Waals surface area contributed by atoms with E-state index in [-0.39, 0.29) is 0 Å². The minimum Gasteiger partial charge on any atom is -0.481 e. The van der Waals surface area contributed by atoms with Gasteiger partial charge in [-0.05, 0) is 40.5 Å². The Balaban J connectivity index is 5.10. The molecule has 0 spiro atoms. The maximum absolute atomic E-state index is 11.9. The number of alkyl carbamates (subject to hydrolysis) is 1. The van der Waals surface area contributed by atoms with Crippen molar-refractivity contribution in [1.82, 2.24) is 5.32 Å². The van der Waals surface area contributed by atoms with E-state index in [1.54, 1.807) is 33.8 Å². The summed E-state index contributed by atoms with van der Waals surface area (Å²) in [5.41, 5.74) is -1.50. The van der Waals surface area contributed by atoms with Gasteiger partial charge in [0.1, 0.15) is 5.60 Å². The van der Waals surface area contributed by atoms with Crippen molar-refractivity contribution in [3.05, 3.63) is 12.7 Å². The van der Waals surface area contributed by atoms with Gasteiger partial charge in [-0.15, -0.1) is 6.58 Å². The molecule has 110 valence electrons. The van der Waals surface area contributed by atoms with Crippen molar-refractivity contribution in [3.63, 3.8) is 0 Å². The fourth-order valence-electron chi connectivity index (χ4n) is 1.88. The lowest BCUT2D eigenvalue weighted by Gasteiger charge is -2.37. The maximum atomic E-state index is 11.9. The molecule has 0 aromatic carbocycles. The van der Waals surface area contributed by atoms with E-state index in [1.807, 2.05) is 6.92 Å². The highest BCUT2D eigenvalue weighted by atomic mass is 16.6. The molecule has 0 fully saturated rings. The van der Waals surface area contributed by atoms with E-state index in [0.717, 1.165) is 0 Å². The number of amides is 1. The molecule has 2 N–H and O–H groups in total. The van der Waals surface area contributed by atoms with E-state index in [2.05, 4.69) is 11.9 Å². The second-order valence-corrected chi connectivity index (χ2v) is 5.69. The molecule has 0 aliphatic heterocycles. The van der Waals surface area contributed by atoms with Crippen LogP contribution in [0.1, 0.15) is 47.5 Å². The van der Waals surface area contributed by atoms with Crippen LogP contribution in [0, 0.1) is 5.92 Å². The molecule has 0 aromatic rings. The SMILES string of the molecule is C=CC[C@](CC)(NC(=O)OC(C)(C)C)C(C)C(=O)O. The topological polar surface area (TPSA) is 75.6 Å². The van der Waals surface area contributed by atoms with Gasteiger partial charge in [-0.3, -0.25) is 4.79 Å². The number of ether oxygens (including phenoxy) is 1. The summed E-state index contributed by atoms with van der Waals surface area (Å²) in [6.45, 7) is 12.3. The van der Waals surface area contributed by atoms with Crippen LogP contribution in [0.15, 0.2) is 12.7 Å². The molecule has 19 heavy (non-hydrogen) atoms. The van der Waals surface area contributed by atoms with Crippen molar-refractivity contribution in [2.45, 2.75) is 58.6 Å². The third-order valence-corrected chi connectivity index (χ3v) is 3.09. The smallest absolute Gasteiger partial charge is 0.408 e. The van der Waals surface area contributed by atoms with Crippen molar-refractivity contribution in [2.75, 3.05) is 0 Å². The van der Waals surface area contributed by atoms with Gasteiger partial charge in [0.2, 0.25) is 0 Å². The number of carbonyl (C=O) groups excluding carboxylic acids is 1. The third kappa shape index (κ3) is 5.32. The molecule has 0 saturated carbocycles. The molecule has 0 radical (unpaired) electrons. The molecular formula is C14H25NO4. The Labute approximate surface area is 115 Å². The Morgan fingerprint density at radius 1 is 1.42 bits per heavy atom. The quantitative estimate of drug-likeness (QED) is 0.728. The maximum Gasteiger partial charge on any atom is 0.408 e. The first-order valence-electron chi connectivity index (χ1n) is 6.43. The molecule has 0 saturated heterocycles. The third-order valence-electron chi connectivity index (χ3n) is 3.09. The highest BCUT2D eigenvalue weighted by Crippen LogP contribution is 2.27. The number of aliphatic carboxylic acids is 1. The fraction of sp³-hybridized carbons (Fsp3) is 0.714. The van der Waals surface area contributed by atoms with E-state index in [1.165, 1.54) is 0 Å². The Morgan fingerprint density at radius 3 is 2.26 bits per heavy atom. The number of carbonyl (C=O) groups is 2. The van der Waals surface area contributed by atoms with E-state index < -0.39 is 29.1 Å². The average Bonchev–Trinajstić information content (AvgIpc) is 2.24. The zero-order chi connectivity index (χ0) is 15.3. The van der Waals surface area contributed by atoms with Crippen molar-refractivity contribution in [1.29, 1.82) is 0 Å². The highest BCUT2D eigenvalue weighted by Gasteiger charge is 2.40. The molecule has 0 aliphatic rings. The second kappa shape index (κ2) is 6.59. The van der Waals surface area contributed by atoms with Crippen LogP contribution in [0.3, 0.4) is 0 Å². The summed E-state index contributed by atoms with van der Waals surface area (Å²) in [6.07, 6.45) is 1.85. The van der Waals surface area contributed by atoms with Gasteiger partial charge in [0, 0.05) is 0 Å². The number of rotatable bonds is 6. The van der Waals surface area contributed by atoms with Crippen LogP contribution in [-0.2, 0) is 9.53 Å². The number of hydrogen-bond acceptors (Lipinski definition) is 3. The minimum atomic E-state index is -0.959. The predicted molar refractivity (Wildman–Crippen MR) is 74.0 cm³/mol. The second-order valence-electron chi connectivity index (χ2n) is 5.69. The van der Waals surface area contributed by atoms with Crippen LogP contribution in [0.2, 0.25) is 0 Å². The molecule has 1 amide bonds. The van der Waals surface area contributed by atoms with Crippen LogP contribution < -0.4 is 5.32 Å². The van der Waals surface area contributed by atoms with Gasteiger partial charge < -0.3 is 15.2 Å². The van der Waals surface area contributed by atoms with Crippen molar-refractivity contribution >= 4 is 12.1 Å². The van der Waals surface area contributed by atoms with E-state index in [4.69, 9.17) is 4.74 Å². The summed E-state index contributed by atoms with van der Waals surface area (Å²) in [6, 6.07) is 0. The molecule has 0 heterocycles. The first kappa shape index (κ1) is 17.5. The van der Waals surface area contributed by atoms with Gasteiger partial charge in [-0.1, -0.05) is 13.0 Å². The lowest BCUT2D eigenvalue weighted by Crippen LogP contribution is -2.55. The first-order chi connectivity index (χ1) is 8.58. The number of carboxylic acids is 1. The van der Waals surface area contributed by atoms with Crippen LogP contribution in [-0.4, -0.2) is 28.3 Å². The Kier molecular flexibility index (Phi) is 6.06. The van der Waals surface area contributed by atoms with Gasteiger partial charge >= 0.3 is 12.1 Å². The summed E-state index contributed by atoms with van der Waals surface area (Å²) in [4.78, 5) is 23.1. The molecule has 0 aromatic heterocycles. The summed E-state index contributed by atoms with van der Waals surface area (Å²) >= 11 is 0. The summed E-state index contributed by atoms with van der Waals surface area (Å²) in [5, 5.41) is 11.9. The van der Waals surface area contributed by atoms with Crippen LogP contribution >= 0.6 is 0 Å². The highest BCUT2D eigenvalue weighted by molar-refractivity contribution is 5.74. The number of carboxylic acid groups (broad SMARTS) is 1. The molecule has 5 heteroatoms. The first-order valence-corrected chi connectivity index (χ1v) is 6.43.